The zero-order valence-corrected chi connectivity index (χ0v) is 14.5. The van der Waals surface area contributed by atoms with Crippen LogP contribution in [-0.4, -0.2) is 24.5 Å². The minimum Gasteiger partial charge on any atom is -0.303 e. The van der Waals surface area contributed by atoms with Crippen molar-refractivity contribution in [2.24, 2.45) is 28.1 Å². The Morgan fingerprint density at radius 3 is 2.55 bits per heavy atom. The number of nitrogens with zero attached hydrogens (tertiary/aromatic N) is 1. The molecule has 3 rings (SSSR count). The van der Waals surface area contributed by atoms with Gasteiger partial charge in [0.2, 0.25) is 0 Å². The molecule has 0 amide bonds. The summed E-state index contributed by atoms with van der Waals surface area (Å²) in [7, 11) is 0. The fraction of sp³-hybridized carbons (Fsp3) is 1.00. The Kier molecular flexibility index (Phi) is 3.52. The predicted octanol–water partition coefficient (Wildman–Crippen LogP) is 4.96. The molecule has 3 aliphatic rings. The summed E-state index contributed by atoms with van der Waals surface area (Å²) in [4.78, 5) is 2.78. The number of hydrogen-bond acceptors (Lipinski definition) is 1. The molecule has 5 atom stereocenters. The van der Waals surface area contributed by atoms with Crippen molar-refractivity contribution in [1.82, 2.24) is 4.90 Å². The van der Waals surface area contributed by atoms with Crippen molar-refractivity contribution in [3.05, 3.63) is 0 Å². The van der Waals surface area contributed by atoms with Gasteiger partial charge in [-0.05, 0) is 66.9 Å². The average molecular weight is 277 g/mol. The van der Waals surface area contributed by atoms with Gasteiger partial charge in [-0.15, -0.1) is 0 Å². The van der Waals surface area contributed by atoms with E-state index in [1.807, 2.05) is 0 Å². The van der Waals surface area contributed by atoms with E-state index < -0.39 is 0 Å². The van der Waals surface area contributed by atoms with Crippen LogP contribution in [0.5, 0.6) is 0 Å². The summed E-state index contributed by atoms with van der Waals surface area (Å²) in [5.41, 5.74) is 1.80. The van der Waals surface area contributed by atoms with Crippen molar-refractivity contribution in [2.75, 3.05) is 19.6 Å². The smallest absolute Gasteiger partial charge is 0.00466 e. The first-order chi connectivity index (χ1) is 9.35. The summed E-state index contributed by atoms with van der Waals surface area (Å²) in [5.74, 6) is 1.95. The predicted molar refractivity (Wildman–Crippen MR) is 86.8 cm³/mol. The van der Waals surface area contributed by atoms with Gasteiger partial charge < -0.3 is 4.90 Å². The Labute approximate surface area is 126 Å². The maximum absolute atomic E-state index is 2.78. The highest BCUT2D eigenvalue weighted by Crippen LogP contribution is 2.74. The van der Waals surface area contributed by atoms with Gasteiger partial charge in [-0.2, -0.15) is 0 Å². The highest BCUT2D eigenvalue weighted by Gasteiger charge is 2.69. The molecule has 1 saturated carbocycles. The minimum atomic E-state index is 0.534. The quantitative estimate of drug-likeness (QED) is 0.702. The van der Waals surface area contributed by atoms with E-state index >= 15 is 0 Å². The third kappa shape index (κ3) is 1.84. The molecule has 2 saturated heterocycles. The molecule has 2 bridgehead atoms. The van der Waals surface area contributed by atoms with Gasteiger partial charge in [-0.3, -0.25) is 0 Å². The van der Waals surface area contributed by atoms with E-state index in [-0.39, 0.29) is 0 Å². The second-order valence-corrected chi connectivity index (χ2v) is 9.18. The summed E-state index contributed by atoms with van der Waals surface area (Å²) in [6.07, 6.45) is 8.67. The molecular formula is C19H35N. The molecule has 0 aromatic rings. The van der Waals surface area contributed by atoms with Gasteiger partial charge in [0.25, 0.3) is 0 Å². The van der Waals surface area contributed by atoms with Crippen LogP contribution in [0, 0.1) is 28.1 Å². The van der Waals surface area contributed by atoms with E-state index in [0.29, 0.717) is 16.2 Å². The van der Waals surface area contributed by atoms with E-state index in [1.54, 1.807) is 0 Å². The highest BCUT2D eigenvalue weighted by molar-refractivity contribution is 5.19. The molecule has 1 aliphatic carbocycles. The summed E-state index contributed by atoms with van der Waals surface area (Å²) >= 11 is 0. The lowest BCUT2D eigenvalue weighted by Gasteiger charge is -2.68. The van der Waals surface area contributed by atoms with Crippen LogP contribution in [0.2, 0.25) is 0 Å². The van der Waals surface area contributed by atoms with E-state index in [2.05, 4.69) is 39.5 Å². The maximum atomic E-state index is 2.78. The third-order valence-electron chi connectivity index (χ3n) is 7.93. The van der Waals surface area contributed by atoms with Crippen LogP contribution in [0.3, 0.4) is 0 Å². The van der Waals surface area contributed by atoms with E-state index in [1.165, 1.54) is 58.2 Å². The van der Waals surface area contributed by atoms with Crippen molar-refractivity contribution in [2.45, 2.75) is 73.1 Å². The summed E-state index contributed by atoms with van der Waals surface area (Å²) in [6, 6.07) is 0. The van der Waals surface area contributed by atoms with Crippen molar-refractivity contribution >= 4 is 0 Å². The lowest BCUT2D eigenvalue weighted by atomic mass is 9.36. The second-order valence-electron chi connectivity index (χ2n) is 9.18. The standard InChI is InChI=1S/C19H35N/c1-6-7-15(2)12-16-13-18(5)17(3,4)8-10-20-11-9-19(16,18)14-20/h15-16H,6-14H2,1-5H3. The molecule has 3 fully saturated rings. The minimum absolute atomic E-state index is 0.534. The first kappa shape index (κ1) is 14.9. The summed E-state index contributed by atoms with van der Waals surface area (Å²) in [5, 5.41) is 0. The Morgan fingerprint density at radius 1 is 1.15 bits per heavy atom. The number of fused-ring (bicyclic) bond motifs is 1. The monoisotopic (exact) mass is 277 g/mol. The molecule has 1 heteroatoms. The molecule has 0 radical (unpaired) electrons. The van der Waals surface area contributed by atoms with E-state index in [0.717, 1.165) is 11.8 Å². The topological polar surface area (TPSA) is 3.24 Å². The Hall–Kier alpha value is -0.0400. The number of rotatable bonds is 4. The van der Waals surface area contributed by atoms with Gasteiger partial charge in [0, 0.05) is 6.54 Å². The van der Waals surface area contributed by atoms with Gasteiger partial charge in [0.1, 0.15) is 0 Å². The fourth-order valence-electron chi connectivity index (χ4n) is 6.17. The van der Waals surface area contributed by atoms with Crippen molar-refractivity contribution in [1.29, 1.82) is 0 Å². The van der Waals surface area contributed by atoms with E-state index in [4.69, 9.17) is 0 Å². The van der Waals surface area contributed by atoms with Crippen LogP contribution < -0.4 is 0 Å². The SMILES string of the molecule is CCCC(C)CC1CC2(C)C(C)(C)CCN3CCC12C3. The van der Waals surface area contributed by atoms with Gasteiger partial charge in [0.15, 0.2) is 0 Å². The van der Waals surface area contributed by atoms with Crippen LogP contribution >= 0.6 is 0 Å². The fourth-order valence-corrected chi connectivity index (χ4v) is 6.17. The number of hydrogen-bond donors (Lipinski definition) is 0. The second kappa shape index (κ2) is 4.73. The van der Waals surface area contributed by atoms with Gasteiger partial charge >= 0.3 is 0 Å². The highest BCUT2D eigenvalue weighted by atomic mass is 15.2. The van der Waals surface area contributed by atoms with Crippen LogP contribution in [0.25, 0.3) is 0 Å². The molecule has 5 unspecified atom stereocenters. The Morgan fingerprint density at radius 2 is 1.85 bits per heavy atom. The van der Waals surface area contributed by atoms with Crippen LogP contribution in [-0.2, 0) is 0 Å². The van der Waals surface area contributed by atoms with Crippen molar-refractivity contribution in [3.8, 4) is 0 Å². The lowest BCUT2D eigenvalue weighted by molar-refractivity contribution is -0.192. The normalized spacial score (nSPS) is 47.2. The summed E-state index contributed by atoms with van der Waals surface area (Å²) in [6.45, 7) is 16.7. The van der Waals surface area contributed by atoms with Gasteiger partial charge in [0.05, 0.1) is 0 Å². The molecule has 116 valence electrons. The van der Waals surface area contributed by atoms with Gasteiger partial charge in [-0.25, -0.2) is 0 Å². The van der Waals surface area contributed by atoms with Crippen LogP contribution in [0.4, 0.5) is 0 Å². The molecule has 2 aliphatic heterocycles. The molecule has 0 aromatic heterocycles. The third-order valence-corrected chi connectivity index (χ3v) is 7.93. The first-order valence-electron chi connectivity index (χ1n) is 9.07. The van der Waals surface area contributed by atoms with Crippen LogP contribution in [0.1, 0.15) is 73.1 Å². The average Bonchev–Trinajstić information content (AvgIpc) is 2.81. The Balaban J connectivity index is 1.82. The molecule has 20 heavy (non-hydrogen) atoms. The zero-order valence-electron chi connectivity index (χ0n) is 14.5. The lowest BCUT2D eigenvalue weighted by Crippen LogP contribution is -2.63. The van der Waals surface area contributed by atoms with Crippen molar-refractivity contribution in [3.63, 3.8) is 0 Å². The largest absolute Gasteiger partial charge is 0.303 e. The Bertz CT molecular complexity index is 374. The summed E-state index contributed by atoms with van der Waals surface area (Å²) < 4.78 is 0. The van der Waals surface area contributed by atoms with Crippen LogP contribution in [0.15, 0.2) is 0 Å². The molecule has 1 nitrogen and oxygen atoms in total. The van der Waals surface area contributed by atoms with Crippen molar-refractivity contribution < 1.29 is 0 Å². The first-order valence-corrected chi connectivity index (χ1v) is 9.07. The molecule has 2 heterocycles. The van der Waals surface area contributed by atoms with E-state index in [9.17, 15) is 0 Å². The maximum Gasteiger partial charge on any atom is 0.00466 e. The molecule has 0 aromatic carbocycles. The zero-order chi connectivity index (χ0) is 14.6. The molecular weight excluding hydrogens is 242 g/mol. The molecule has 1 spiro atoms. The van der Waals surface area contributed by atoms with Gasteiger partial charge in [-0.1, -0.05) is 47.5 Å². The molecule has 0 N–H and O–H groups in total.